The fraction of sp³-hybridized carbons (Fsp3) is 0.111. The van der Waals surface area contributed by atoms with Crippen LogP contribution in [0.2, 0.25) is 0 Å². The van der Waals surface area contributed by atoms with Crippen LogP contribution < -0.4 is 0 Å². The van der Waals surface area contributed by atoms with Crippen molar-refractivity contribution in [3.05, 3.63) is 83.9 Å². The van der Waals surface area contributed by atoms with E-state index in [0.29, 0.717) is 0 Å². The molecule has 2 rings (SSSR count). The summed E-state index contributed by atoms with van der Waals surface area (Å²) < 4.78 is 0. The molecule has 0 saturated heterocycles. The van der Waals surface area contributed by atoms with Gasteiger partial charge in [-0.05, 0) is 41.2 Å². The standard InChI is InChI=1S/C18H18/c1-4-16-10-6-7-11-17(16)13-15(3)18-12-8-5-9-14(18)2/h4-12H,1,3,13H2,2H3. The van der Waals surface area contributed by atoms with E-state index in [0.717, 1.165) is 12.0 Å². The van der Waals surface area contributed by atoms with Gasteiger partial charge in [-0.15, -0.1) is 0 Å². The minimum Gasteiger partial charge on any atom is -0.0985 e. The SMILES string of the molecule is C=Cc1ccccc1CC(=C)c1ccccc1C. The lowest BCUT2D eigenvalue weighted by atomic mass is 9.94. The zero-order valence-electron chi connectivity index (χ0n) is 10.8. The maximum absolute atomic E-state index is 4.22. The molecule has 0 atom stereocenters. The molecule has 0 fully saturated rings. The maximum Gasteiger partial charge on any atom is -0.00197 e. The summed E-state index contributed by atoms with van der Waals surface area (Å²) >= 11 is 0. The molecule has 0 radical (unpaired) electrons. The summed E-state index contributed by atoms with van der Waals surface area (Å²) in [6.07, 6.45) is 2.77. The summed E-state index contributed by atoms with van der Waals surface area (Å²) in [7, 11) is 0. The molecule has 0 aliphatic heterocycles. The van der Waals surface area contributed by atoms with Crippen LogP contribution in [0.3, 0.4) is 0 Å². The van der Waals surface area contributed by atoms with E-state index in [-0.39, 0.29) is 0 Å². The number of hydrogen-bond acceptors (Lipinski definition) is 0. The predicted octanol–water partition coefficient (Wildman–Crippen LogP) is 4.89. The molecule has 90 valence electrons. The number of rotatable bonds is 4. The van der Waals surface area contributed by atoms with Crippen LogP contribution in [-0.4, -0.2) is 0 Å². The molecule has 2 aromatic carbocycles. The molecule has 0 saturated carbocycles. The number of aryl methyl sites for hydroxylation is 1. The van der Waals surface area contributed by atoms with Crippen LogP contribution >= 0.6 is 0 Å². The Hall–Kier alpha value is -2.08. The third kappa shape index (κ3) is 2.60. The minimum atomic E-state index is 0.868. The lowest BCUT2D eigenvalue weighted by Crippen LogP contribution is -1.94. The van der Waals surface area contributed by atoms with E-state index in [1.807, 2.05) is 12.1 Å². The van der Waals surface area contributed by atoms with Crippen LogP contribution in [0, 0.1) is 6.92 Å². The van der Waals surface area contributed by atoms with Crippen LogP contribution in [0.4, 0.5) is 0 Å². The van der Waals surface area contributed by atoms with Gasteiger partial charge in [0.15, 0.2) is 0 Å². The summed E-state index contributed by atoms with van der Waals surface area (Å²) in [4.78, 5) is 0. The lowest BCUT2D eigenvalue weighted by molar-refractivity contribution is 1.26. The molecule has 0 amide bonds. The molecule has 0 aliphatic rings. The van der Waals surface area contributed by atoms with Crippen molar-refractivity contribution in [2.24, 2.45) is 0 Å². The largest absolute Gasteiger partial charge is 0.0985 e. The zero-order chi connectivity index (χ0) is 13.0. The van der Waals surface area contributed by atoms with E-state index < -0.39 is 0 Å². The van der Waals surface area contributed by atoms with Crippen molar-refractivity contribution in [3.8, 4) is 0 Å². The number of hydrogen-bond donors (Lipinski definition) is 0. The van der Waals surface area contributed by atoms with Gasteiger partial charge < -0.3 is 0 Å². The Labute approximate surface area is 109 Å². The fourth-order valence-corrected chi connectivity index (χ4v) is 2.19. The van der Waals surface area contributed by atoms with Crippen molar-refractivity contribution in [2.45, 2.75) is 13.3 Å². The molecule has 0 aromatic heterocycles. The normalized spacial score (nSPS) is 10.1. The summed E-state index contributed by atoms with van der Waals surface area (Å²) in [6.45, 7) is 10.2. The first-order chi connectivity index (χ1) is 8.72. The van der Waals surface area contributed by atoms with E-state index >= 15 is 0 Å². The second-order valence-corrected chi connectivity index (χ2v) is 4.50. The van der Waals surface area contributed by atoms with E-state index in [1.165, 1.54) is 22.3 Å². The Balaban J connectivity index is 2.27. The molecular weight excluding hydrogens is 216 g/mol. The molecule has 0 spiro atoms. The molecule has 0 N–H and O–H groups in total. The van der Waals surface area contributed by atoms with Gasteiger partial charge in [0, 0.05) is 0 Å². The molecule has 0 bridgehead atoms. The Morgan fingerprint density at radius 2 is 1.72 bits per heavy atom. The second kappa shape index (κ2) is 5.50. The third-order valence-corrected chi connectivity index (χ3v) is 3.20. The smallest absolute Gasteiger partial charge is 0.00197 e. The van der Waals surface area contributed by atoms with E-state index in [4.69, 9.17) is 0 Å². The van der Waals surface area contributed by atoms with Gasteiger partial charge in [0.1, 0.15) is 0 Å². The summed E-state index contributed by atoms with van der Waals surface area (Å²) in [5.74, 6) is 0. The molecule has 0 heteroatoms. The van der Waals surface area contributed by atoms with E-state index in [1.54, 1.807) is 0 Å². The maximum atomic E-state index is 4.22. The van der Waals surface area contributed by atoms with Gasteiger partial charge >= 0.3 is 0 Å². The third-order valence-electron chi connectivity index (χ3n) is 3.20. The molecule has 18 heavy (non-hydrogen) atoms. The average Bonchev–Trinajstić information content (AvgIpc) is 2.39. The van der Waals surface area contributed by atoms with Gasteiger partial charge in [-0.2, -0.15) is 0 Å². The van der Waals surface area contributed by atoms with E-state index in [2.05, 4.69) is 62.5 Å². The first-order valence-corrected chi connectivity index (χ1v) is 6.16. The van der Waals surface area contributed by atoms with E-state index in [9.17, 15) is 0 Å². The highest BCUT2D eigenvalue weighted by Gasteiger charge is 2.05. The highest BCUT2D eigenvalue weighted by molar-refractivity contribution is 5.69. The van der Waals surface area contributed by atoms with Crippen LogP contribution in [0.15, 0.2) is 61.7 Å². The number of allylic oxidation sites excluding steroid dienone is 1. The highest BCUT2D eigenvalue weighted by atomic mass is 14.1. The Bertz CT molecular complexity index is 576. The monoisotopic (exact) mass is 234 g/mol. The van der Waals surface area contributed by atoms with Crippen LogP contribution in [0.1, 0.15) is 22.3 Å². The molecule has 0 unspecified atom stereocenters. The summed E-state index contributed by atoms with van der Waals surface area (Å²) in [6, 6.07) is 16.7. The highest BCUT2D eigenvalue weighted by Crippen LogP contribution is 2.23. The molecule has 0 aliphatic carbocycles. The first-order valence-electron chi connectivity index (χ1n) is 6.16. The van der Waals surface area contributed by atoms with Crippen molar-refractivity contribution in [3.63, 3.8) is 0 Å². The minimum absolute atomic E-state index is 0.868. The van der Waals surface area contributed by atoms with Crippen molar-refractivity contribution in [1.29, 1.82) is 0 Å². The van der Waals surface area contributed by atoms with Gasteiger partial charge in [0.2, 0.25) is 0 Å². The molecule has 0 heterocycles. The molecule has 2 aromatic rings. The first kappa shape index (κ1) is 12.4. The topological polar surface area (TPSA) is 0 Å². The van der Waals surface area contributed by atoms with Crippen LogP contribution in [-0.2, 0) is 6.42 Å². The Morgan fingerprint density at radius 3 is 2.44 bits per heavy atom. The zero-order valence-corrected chi connectivity index (χ0v) is 10.8. The fourth-order valence-electron chi connectivity index (χ4n) is 2.19. The van der Waals surface area contributed by atoms with Crippen molar-refractivity contribution >= 4 is 11.6 Å². The van der Waals surface area contributed by atoms with Gasteiger partial charge in [-0.1, -0.05) is 67.8 Å². The molecular formula is C18H18. The number of benzene rings is 2. The summed E-state index contributed by atoms with van der Waals surface area (Å²) in [5.41, 5.74) is 6.14. The Kier molecular flexibility index (Phi) is 3.78. The van der Waals surface area contributed by atoms with Crippen LogP contribution in [0.25, 0.3) is 11.6 Å². The van der Waals surface area contributed by atoms with Crippen molar-refractivity contribution in [2.75, 3.05) is 0 Å². The van der Waals surface area contributed by atoms with Gasteiger partial charge in [-0.3, -0.25) is 0 Å². The van der Waals surface area contributed by atoms with Gasteiger partial charge in [-0.25, -0.2) is 0 Å². The second-order valence-electron chi connectivity index (χ2n) is 4.50. The summed E-state index contributed by atoms with van der Waals surface area (Å²) in [5, 5.41) is 0. The predicted molar refractivity (Wildman–Crippen MR) is 80.5 cm³/mol. The van der Waals surface area contributed by atoms with Gasteiger partial charge in [0.25, 0.3) is 0 Å². The lowest BCUT2D eigenvalue weighted by Gasteiger charge is -2.11. The van der Waals surface area contributed by atoms with Crippen molar-refractivity contribution < 1.29 is 0 Å². The van der Waals surface area contributed by atoms with Gasteiger partial charge in [0.05, 0.1) is 0 Å². The average molecular weight is 234 g/mol. The van der Waals surface area contributed by atoms with Crippen LogP contribution in [0.5, 0.6) is 0 Å². The van der Waals surface area contributed by atoms with Crippen molar-refractivity contribution in [1.82, 2.24) is 0 Å². The molecule has 0 nitrogen and oxygen atoms in total. The Morgan fingerprint density at radius 1 is 1.06 bits per heavy atom. The quantitative estimate of drug-likeness (QED) is 0.706.